The monoisotopic (exact) mass is 192 g/mol. The first-order valence-corrected chi connectivity index (χ1v) is 5.66. The summed E-state index contributed by atoms with van der Waals surface area (Å²) in [5.74, 6) is 0. The molecule has 0 aromatic heterocycles. The predicted octanol–water partition coefficient (Wildman–Crippen LogP) is 2.72. The quantitative estimate of drug-likeness (QED) is 0.695. The molecule has 0 amide bonds. The van der Waals surface area contributed by atoms with E-state index in [1.54, 1.807) is 0 Å². The Morgan fingerprint density at radius 3 is 2.29 bits per heavy atom. The Hall–Kier alpha value is -0.820. The van der Waals surface area contributed by atoms with Crippen molar-refractivity contribution in [1.82, 2.24) is 0 Å². The Labute approximate surface area is 87.3 Å². The van der Waals surface area contributed by atoms with Crippen LogP contribution in [-0.4, -0.2) is 0 Å². The minimum Gasteiger partial charge on any atom is -0.352 e. The lowest BCUT2D eigenvalue weighted by molar-refractivity contribution is -0.420. The van der Waals surface area contributed by atoms with Gasteiger partial charge in [0.05, 0.1) is 0 Å². The maximum atomic E-state index is 4.01. The highest BCUT2D eigenvalue weighted by molar-refractivity contribution is 5.23. The SMILES string of the molecule is CCCCCc1ccc([C@H](C)[NH3+])cc1. The molecular formula is C13H22N+. The first kappa shape index (κ1) is 11.3. The van der Waals surface area contributed by atoms with E-state index in [9.17, 15) is 0 Å². The minimum absolute atomic E-state index is 0.402. The lowest BCUT2D eigenvalue weighted by Crippen LogP contribution is -2.51. The van der Waals surface area contributed by atoms with Gasteiger partial charge in [0.25, 0.3) is 0 Å². The van der Waals surface area contributed by atoms with Gasteiger partial charge in [-0.3, -0.25) is 0 Å². The van der Waals surface area contributed by atoms with Crippen molar-refractivity contribution in [2.75, 3.05) is 0 Å². The largest absolute Gasteiger partial charge is 0.352 e. The van der Waals surface area contributed by atoms with E-state index in [0.29, 0.717) is 6.04 Å². The van der Waals surface area contributed by atoms with Gasteiger partial charge in [-0.1, -0.05) is 44.0 Å². The number of hydrogen-bond acceptors (Lipinski definition) is 0. The maximum absolute atomic E-state index is 4.01. The summed E-state index contributed by atoms with van der Waals surface area (Å²) >= 11 is 0. The summed E-state index contributed by atoms with van der Waals surface area (Å²) in [6, 6.07) is 9.30. The van der Waals surface area contributed by atoms with Gasteiger partial charge in [0, 0.05) is 5.56 Å². The van der Waals surface area contributed by atoms with Crippen molar-refractivity contribution in [3.8, 4) is 0 Å². The van der Waals surface area contributed by atoms with Crippen molar-refractivity contribution in [3.63, 3.8) is 0 Å². The highest BCUT2D eigenvalue weighted by atomic mass is 14.6. The van der Waals surface area contributed by atoms with Gasteiger partial charge < -0.3 is 5.73 Å². The van der Waals surface area contributed by atoms with Crippen LogP contribution in [0.4, 0.5) is 0 Å². The van der Waals surface area contributed by atoms with E-state index in [1.165, 1.54) is 36.8 Å². The number of hydrogen-bond donors (Lipinski definition) is 1. The molecule has 0 radical (unpaired) electrons. The topological polar surface area (TPSA) is 27.6 Å². The highest BCUT2D eigenvalue weighted by Gasteiger charge is 2.01. The number of aryl methyl sites for hydroxylation is 1. The minimum atomic E-state index is 0.402. The van der Waals surface area contributed by atoms with Crippen LogP contribution in [0, 0.1) is 0 Å². The van der Waals surface area contributed by atoms with Gasteiger partial charge in [-0.2, -0.15) is 0 Å². The molecule has 0 aliphatic carbocycles. The number of quaternary nitrogens is 1. The van der Waals surface area contributed by atoms with E-state index >= 15 is 0 Å². The zero-order valence-corrected chi connectivity index (χ0v) is 9.42. The van der Waals surface area contributed by atoms with Gasteiger partial charge >= 0.3 is 0 Å². The second-order valence-electron chi connectivity index (χ2n) is 4.10. The number of benzene rings is 1. The fourth-order valence-corrected chi connectivity index (χ4v) is 1.59. The predicted molar refractivity (Wildman–Crippen MR) is 61.0 cm³/mol. The van der Waals surface area contributed by atoms with Crippen LogP contribution in [0.2, 0.25) is 0 Å². The average Bonchev–Trinajstić information content (AvgIpc) is 2.19. The Balaban J connectivity index is 2.47. The third-order valence-electron chi connectivity index (χ3n) is 2.62. The molecule has 78 valence electrons. The van der Waals surface area contributed by atoms with Crippen LogP contribution < -0.4 is 5.73 Å². The Kier molecular flexibility index (Phi) is 4.68. The molecule has 1 aromatic carbocycles. The summed E-state index contributed by atoms with van der Waals surface area (Å²) in [5.41, 5.74) is 6.81. The van der Waals surface area contributed by atoms with E-state index in [-0.39, 0.29) is 0 Å². The van der Waals surface area contributed by atoms with E-state index in [2.05, 4.69) is 43.8 Å². The molecule has 14 heavy (non-hydrogen) atoms. The molecule has 0 saturated carbocycles. The first-order valence-electron chi connectivity index (χ1n) is 5.66. The van der Waals surface area contributed by atoms with Crippen molar-refractivity contribution in [1.29, 1.82) is 0 Å². The summed E-state index contributed by atoms with van der Waals surface area (Å²) in [7, 11) is 0. The Morgan fingerprint density at radius 2 is 1.79 bits per heavy atom. The molecule has 1 heteroatoms. The van der Waals surface area contributed by atoms with Crippen LogP contribution in [-0.2, 0) is 6.42 Å². The van der Waals surface area contributed by atoms with Gasteiger partial charge in [0.1, 0.15) is 6.04 Å². The Bertz CT molecular complexity index is 248. The van der Waals surface area contributed by atoms with Crippen molar-refractivity contribution in [3.05, 3.63) is 35.4 Å². The molecule has 1 rings (SSSR count). The summed E-state index contributed by atoms with van der Waals surface area (Å²) < 4.78 is 0. The van der Waals surface area contributed by atoms with Gasteiger partial charge in [-0.25, -0.2) is 0 Å². The highest BCUT2D eigenvalue weighted by Crippen LogP contribution is 2.11. The third-order valence-corrected chi connectivity index (χ3v) is 2.62. The average molecular weight is 192 g/mol. The molecule has 0 aliphatic heterocycles. The molecule has 0 heterocycles. The molecule has 0 spiro atoms. The second kappa shape index (κ2) is 5.82. The number of rotatable bonds is 5. The van der Waals surface area contributed by atoms with Crippen molar-refractivity contribution < 1.29 is 5.73 Å². The van der Waals surface area contributed by atoms with Crippen LogP contribution >= 0.6 is 0 Å². The smallest absolute Gasteiger partial charge is 0.107 e. The van der Waals surface area contributed by atoms with Crippen molar-refractivity contribution in [2.45, 2.75) is 45.6 Å². The molecule has 0 bridgehead atoms. The molecular weight excluding hydrogens is 170 g/mol. The van der Waals surface area contributed by atoms with Crippen molar-refractivity contribution in [2.24, 2.45) is 0 Å². The molecule has 0 unspecified atom stereocenters. The van der Waals surface area contributed by atoms with Gasteiger partial charge in [0.2, 0.25) is 0 Å². The molecule has 1 aromatic rings. The van der Waals surface area contributed by atoms with E-state index in [4.69, 9.17) is 0 Å². The lowest BCUT2D eigenvalue weighted by Gasteiger charge is -2.04. The molecule has 0 fully saturated rings. The van der Waals surface area contributed by atoms with Gasteiger partial charge in [-0.05, 0) is 25.3 Å². The molecule has 3 N–H and O–H groups in total. The lowest BCUT2D eigenvalue weighted by atomic mass is 10.0. The summed E-state index contributed by atoms with van der Waals surface area (Å²) in [4.78, 5) is 0. The van der Waals surface area contributed by atoms with Crippen LogP contribution in [0.5, 0.6) is 0 Å². The summed E-state index contributed by atoms with van der Waals surface area (Å²) in [6.45, 7) is 4.37. The second-order valence-corrected chi connectivity index (χ2v) is 4.10. The fourth-order valence-electron chi connectivity index (χ4n) is 1.59. The molecule has 0 aliphatic rings. The zero-order chi connectivity index (χ0) is 10.4. The zero-order valence-electron chi connectivity index (χ0n) is 9.42. The fraction of sp³-hybridized carbons (Fsp3) is 0.538. The summed E-state index contributed by atoms with van der Waals surface area (Å²) in [5, 5.41) is 0. The van der Waals surface area contributed by atoms with Crippen LogP contribution in [0.3, 0.4) is 0 Å². The molecule has 1 atom stereocenters. The maximum Gasteiger partial charge on any atom is 0.107 e. The Morgan fingerprint density at radius 1 is 1.14 bits per heavy atom. The van der Waals surface area contributed by atoms with E-state index < -0.39 is 0 Å². The normalized spacial score (nSPS) is 12.8. The molecule has 0 saturated heterocycles. The van der Waals surface area contributed by atoms with E-state index in [0.717, 1.165) is 0 Å². The molecule has 1 nitrogen and oxygen atoms in total. The van der Waals surface area contributed by atoms with Crippen LogP contribution in [0.25, 0.3) is 0 Å². The first-order chi connectivity index (χ1) is 6.74. The van der Waals surface area contributed by atoms with Gasteiger partial charge in [0.15, 0.2) is 0 Å². The summed E-state index contributed by atoms with van der Waals surface area (Å²) in [6.07, 6.45) is 5.18. The van der Waals surface area contributed by atoms with Crippen LogP contribution in [0.15, 0.2) is 24.3 Å². The van der Waals surface area contributed by atoms with Crippen LogP contribution in [0.1, 0.15) is 50.3 Å². The third kappa shape index (κ3) is 3.51. The van der Waals surface area contributed by atoms with Crippen molar-refractivity contribution >= 4 is 0 Å². The van der Waals surface area contributed by atoms with E-state index in [1.807, 2.05) is 0 Å². The standard InChI is InChI=1S/C13H21N/c1-3-4-5-6-12-7-9-13(10-8-12)11(2)14/h7-11H,3-6,14H2,1-2H3/p+1/t11-/m0/s1. The van der Waals surface area contributed by atoms with Gasteiger partial charge in [-0.15, -0.1) is 0 Å². The number of unbranched alkanes of at least 4 members (excludes halogenated alkanes) is 2.